The summed E-state index contributed by atoms with van der Waals surface area (Å²) in [6.07, 6.45) is 3.75. The van der Waals surface area contributed by atoms with E-state index in [1.165, 1.54) is 42.9 Å². The summed E-state index contributed by atoms with van der Waals surface area (Å²) in [5, 5.41) is 3.39. The van der Waals surface area contributed by atoms with Gasteiger partial charge in [-0.05, 0) is 30.9 Å². The molecule has 0 aliphatic carbocycles. The molecule has 1 fully saturated rings. The van der Waals surface area contributed by atoms with Crippen LogP contribution in [0.15, 0.2) is 12.1 Å². The van der Waals surface area contributed by atoms with Gasteiger partial charge in [-0.1, -0.05) is 0 Å². The molecule has 0 unspecified atom stereocenters. The van der Waals surface area contributed by atoms with Gasteiger partial charge < -0.3 is 15.0 Å². The van der Waals surface area contributed by atoms with Crippen LogP contribution in [0.25, 0.3) is 0 Å². The number of hydrogen-bond acceptors (Lipinski definition) is 3. The Balaban J connectivity index is 2.01. The van der Waals surface area contributed by atoms with Crippen molar-refractivity contribution in [1.82, 2.24) is 0 Å². The highest BCUT2D eigenvalue weighted by molar-refractivity contribution is 5.70. The van der Waals surface area contributed by atoms with Crippen molar-refractivity contribution in [2.45, 2.75) is 19.3 Å². The molecule has 3 heteroatoms. The Labute approximate surface area is 96.4 Å². The normalized spacial score (nSPS) is 18.4. The van der Waals surface area contributed by atoms with Crippen LogP contribution >= 0.6 is 0 Å². The number of benzene rings is 1. The third-order valence-corrected chi connectivity index (χ3v) is 3.56. The van der Waals surface area contributed by atoms with Crippen LogP contribution in [0.2, 0.25) is 0 Å². The molecule has 0 radical (unpaired) electrons. The van der Waals surface area contributed by atoms with E-state index in [4.69, 9.17) is 4.74 Å². The first-order chi connectivity index (χ1) is 7.88. The van der Waals surface area contributed by atoms with Crippen molar-refractivity contribution in [3.05, 3.63) is 17.7 Å². The lowest BCUT2D eigenvalue weighted by Crippen LogP contribution is -2.18. The van der Waals surface area contributed by atoms with E-state index in [9.17, 15) is 0 Å². The second-order valence-electron chi connectivity index (χ2n) is 4.55. The number of methoxy groups -OCH3 is 1. The zero-order valence-electron chi connectivity index (χ0n) is 9.75. The van der Waals surface area contributed by atoms with Crippen molar-refractivity contribution in [2.75, 3.05) is 37.0 Å². The van der Waals surface area contributed by atoms with Crippen LogP contribution in [0.4, 0.5) is 11.4 Å². The molecule has 0 atom stereocenters. The molecule has 1 N–H and O–H groups in total. The van der Waals surface area contributed by atoms with Crippen molar-refractivity contribution in [2.24, 2.45) is 0 Å². The van der Waals surface area contributed by atoms with Gasteiger partial charge in [0.2, 0.25) is 0 Å². The Morgan fingerprint density at radius 3 is 2.81 bits per heavy atom. The number of hydrogen-bond donors (Lipinski definition) is 1. The molecule has 0 spiro atoms. The van der Waals surface area contributed by atoms with Crippen molar-refractivity contribution in [1.29, 1.82) is 0 Å². The molecule has 1 saturated heterocycles. The minimum atomic E-state index is 1.01. The van der Waals surface area contributed by atoms with E-state index in [-0.39, 0.29) is 0 Å². The lowest BCUT2D eigenvalue weighted by atomic mass is 10.1. The summed E-state index contributed by atoms with van der Waals surface area (Å²) >= 11 is 0. The maximum atomic E-state index is 5.50. The van der Waals surface area contributed by atoms with Crippen LogP contribution in [-0.4, -0.2) is 26.7 Å². The second kappa shape index (κ2) is 3.89. The fourth-order valence-corrected chi connectivity index (χ4v) is 2.68. The Morgan fingerprint density at radius 2 is 2.06 bits per heavy atom. The van der Waals surface area contributed by atoms with Gasteiger partial charge >= 0.3 is 0 Å². The van der Waals surface area contributed by atoms with E-state index in [2.05, 4.69) is 22.3 Å². The van der Waals surface area contributed by atoms with E-state index >= 15 is 0 Å². The molecule has 3 rings (SSSR count). The molecule has 0 bridgehead atoms. The van der Waals surface area contributed by atoms with Gasteiger partial charge in [0.05, 0.1) is 12.8 Å². The van der Waals surface area contributed by atoms with Gasteiger partial charge in [0.25, 0.3) is 0 Å². The minimum absolute atomic E-state index is 1.01. The van der Waals surface area contributed by atoms with Crippen molar-refractivity contribution < 1.29 is 4.74 Å². The second-order valence-corrected chi connectivity index (χ2v) is 4.55. The summed E-state index contributed by atoms with van der Waals surface area (Å²) in [5.74, 6) is 1.01. The molecular weight excluding hydrogens is 200 g/mol. The lowest BCUT2D eigenvalue weighted by molar-refractivity contribution is 0.415. The average molecular weight is 218 g/mol. The molecule has 3 nitrogen and oxygen atoms in total. The number of ether oxygens (including phenoxy) is 1. The Kier molecular flexibility index (Phi) is 2.39. The molecule has 2 aliphatic heterocycles. The van der Waals surface area contributed by atoms with Gasteiger partial charge in [-0.3, -0.25) is 0 Å². The summed E-state index contributed by atoms with van der Waals surface area (Å²) in [5.41, 5.74) is 3.96. The molecule has 16 heavy (non-hydrogen) atoms. The molecular formula is C13H18N2O. The number of rotatable bonds is 2. The van der Waals surface area contributed by atoms with E-state index in [0.29, 0.717) is 0 Å². The first-order valence-electron chi connectivity index (χ1n) is 6.08. The van der Waals surface area contributed by atoms with Crippen LogP contribution in [0, 0.1) is 0 Å². The maximum Gasteiger partial charge on any atom is 0.144 e. The molecule has 1 aromatic rings. The van der Waals surface area contributed by atoms with Crippen LogP contribution < -0.4 is 15.0 Å². The van der Waals surface area contributed by atoms with E-state index in [1.807, 2.05) is 0 Å². The predicted molar refractivity (Wildman–Crippen MR) is 66.6 cm³/mol. The van der Waals surface area contributed by atoms with E-state index in [1.54, 1.807) is 7.11 Å². The monoisotopic (exact) mass is 218 g/mol. The van der Waals surface area contributed by atoms with Crippen molar-refractivity contribution in [3.63, 3.8) is 0 Å². The van der Waals surface area contributed by atoms with Crippen molar-refractivity contribution in [3.8, 4) is 5.75 Å². The Hall–Kier alpha value is -1.38. The Bertz CT molecular complexity index is 397. The molecule has 0 aromatic heterocycles. The molecule has 1 aromatic carbocycles. The highest BCUT2D eigenvalue weighted by Crippen LogP contribution is 2.37. The highest BCUT2D eigenvalue weighted by Gasteiger charge is 2.20. The van der Waals surface area contributed by atoms with Gasteiger partial charge in [-0.2, -0.15) is 0 Å². The molecule has 86 valence electrons. The molecule has 0 saturated carbocycles. The number of nitrogens with one attached hydrogen (secondary N) is 1. The average Bonchev–Trinajstić information content (AvgIpc) is 2.97. The van der Waals surface area contributed by atoms with Crippen LogP contribution in [0.5, 0.6) is 5.75 Å². The van der Waals surface area contributed by atoms with Gasteiger partial charge in [0.1, 0.15) is 5.75 Å². The fourth-order valence-electron chi connectivity index (χ4n) is 2.68. The maximum absolute atomic E-state index is 5.50. The van der Waals surface area contributed by atoms with Crippen LogP contribution in [0.1, 0.15) is 18.4 Å². The fraction of sp³-hybridized carbons (Fsp3) is 0.538. The zero-order chi connectivity index (χ0) is 11.0. The van der Waals surface area contributed by atoms with Gasteiger partial charge in [-0.25, -0.2) is 0 Å². The lowest BCUT2D eigenvalue weighted by Gasteiger charge is -2.21. The summed E-state index contributed by atoms with van der Waals surface area (Å²) in [6, 6.07) is 4.45. The first kappa shape index (κ1) is 9.82. The van der Waals surface area contributed by atoms with Gasteiger partial charge in [-0.15, -0.1) is 0 Å². The largest absolute Gasteiger partial charge is 0.495 e. The summed E-state index contributed by atoms with van der Waals surface area (Å²) in [7, 11) is 1.76. The van der Waals surface area contributed by atoms with E-state index < -0.39 is 0 Å². The molecule has 2 aliphatic rings. The quantitative estimate of drug-likeness (QED) is 0.824. The van der Waals surface area contributed by atoms with Gasteiger partial charge in [0, 0.05) is 31.4 Å². The minimum Gasteiger partial charge on any atom is -0.495 e. The number of anilines is 2. The first-order valence-corrected chi connectivity index (χ1v) is 6.08. The van der Waals surface area contributed by atoms with Crippen LogP contribution in [-0.2, 0) is 6.42 Å². The zero-order valence-corrected chi connectivity index (χ0v) is 9.75. The van der Waals surface area contributed by atoms with Crippen LogP contribution in [0.3, 0.4) is 0 Å². The van der Waals surface area contributed by atoms with Crippen molar-refractivity contribution >= 4 is 11.4 Å². The summed E-state index contributed by atoms with van der Waals surface area (Å²) in [6.45, 7) is 3.40. The Morgan fingerprint density at radius 1 is 1.25 bits per heavy atom. The third-order valence-electron chi connectivity index (χ3n) is 3.56. The summed E-state index contributed by atoms with van der Waals surface area (Å²) in [4.78, 5) is 2.44. The van der Waals surface area contributed by atoms with E-state index in [0.717, 1.165) is 18.7 Å². The highest BCUT2D eigenvalue weighted by atomic mass is 16.5. The summed E-state index contributed by atoms with van der Waals surface area (Å²) < 4.78 is 5.50. The number of fused-ring (bicyclic) bond motifs is 1. The predicted octanol–water partition coefficient (Wildman–Crippen LogP) is 2.26. The standard InChI is InChI=1S/C13H18N2O/c1-16-13-9-11-10(4-5-14-11)8-12(13)15-6-2-3-7-15/h8-9,14H,2-7H2,1H3. The topological polar surface area (TPSA) is 24.5 Å². The number of nitrogens with zero attached hydrogens (tertiary/aromatic N) is 1. The SMILES string of the molecule is COc1cc2c(cc1N1CCCC1)CCN2. The molecule has 2 heterocycles. The van der Waals surface area contributed by atoms with Gasteiger partial charge in [0.15, 0.2) is 0 Å². The molecule has 0 amide bonds. The smallest absolute Gasteiger partial charge is 0.144 e. The third kappa shape index (κ3) is 1.51.